The first-order valence-electron chi connectivity index (χ1n) is 12.4. The van der Waals surface area contributed by atoms with Gasteiger partial charge in [-0.05, 0) is 38.0 Å². The second kappa shape index (κ2) is 9.57. The third-order valence-corrected chi connectivity index (χ3v) is 7.72. The number of H-pyrrole nitrogens is 1. The van der Waals surface area contributed by atoms with Crippen molar-refractivity contribution in [1.82, 2.24) is 4.98 Å². The molecule has 0 bridgehead atoms. The SMILES string of the molecule is Cc1ccc2c(=O)c(C[NH+]3CC[NH+](C(c4ccccc4)c4ccccc4)CC3)c(C)[nH]c2c1C. The van der Waals surface area contributed by atoms with E-state index in [1.807, 2.05) is 6.07 Å². The average Bonchev–Trinajstić information content (AvgIpc) is 2.87. The molecule has 1 fully saturated rings. The minimum Gasteiger partial charge on any atom is -0.358 e. The Kier molecular flexibility index (Phi) is 6.36. The molecule has 1 aliphatic rings. The Labute approximate surface area is 201 Å². The lowest BCUT2D eigenvalue weighted by molar-refractivity contribution is -1.03. The zero-order valence-electron chi connectivity index (χ0n) is 20.4. The van der Waals surface area contributed by atoms with Gasteiger partial charge in [-0.25, -0.2) is 0 Å². The maximum atomic E-state index is 13.4. The molecule has 1 aromatic heterocycles. The molecule has 3 N–H and O–H groups in total. The lowest BCUT2D eigenvalue weighted by atomic mass is 9.96. The van der Waals surface area contributed by atoms with Crippen LogP contribution in [0.2, 0.25) is 0 Å². The topological polar surface area (TPSA) is 41.7 Å². The minimum absolute atomic E-state index is 0.197. The highest BCUT2D eigenvalue weighted by molar-refractivity contribution is 5.83. The van der Waals surface area contributed by atoms with Crippen LogP contribution in [0.1, 0.15) is 39.6 Å². The van der Waals surface area contributed by atoms with Gasteiger partial charge in [0.2, 0.25) is 0 Å². The molecule has 0 aliphatic carbocycles. The highest BCUT2D eigenvalue weighted by atomic mass is 16.1. The number of aromatic amines is 1. The third-order valence-electron chi connectivity index (χ3n) is 7.72. The van der Waals surface area contributed by atoms with E-state index in [0.717, 1.165) is 54.9 Å². The van der Waals surface area contributed by atoms with E-state index in [0.29, 0.717) is 6.04 Å². The maximum Gasteiger partial charge on any atom is 0.198 e. The molecule has 0 radical (unpaired) electrons. The van der Waals surface area contributed by atoms with Crippen molar-refractivity contribution in [3.05, 3.63) is 117 Å². The van der Waals surface area contributed by atoms with Crippen molar-refractivity contribution in [3.63, 3.8) is 0 Å². The second-order valence-electron chi connectivity index (χ2n) is 9.83. The minimum atomic E-state index is 0.197. The van der Waals surface area contributed by atoms with Gasteiger partial charge in [0.25, 0.3) is 0 Å². The van der Waals surface area contributed by atoms with Gasteiger partial charge in [-0.2, -0.15) is 0 Å². The molecule has 1 aliphatic heterocycles. The van der Waals surface area contributed by atoms with Gasteiger partial charge in [0, 0.05) is 22.2 Å². The summed E-state index contributed by atoms with van der Waals surface area (Å²) in [6, 6.07) is 26.2. The van der Waals surface area contributed by atoms with E-state index < -0.39 is 0 Å². The summed E-state index contributed by atoms with van der Waals surface area (Å²) in [5, 5.41) is 0.820. The summed E-state index contributed by atoms with van der Waals surface area (Å²) < 4.78 is 0. The summed E-state index contributed by atoms with van der Waals surface area (Å²) in [5.41, 5.74) is 8.27. The average molecular weight is 454 g/mol. The number of fused-ring (bicyclic) bond motifs is 1. The predicted octanol–water partition coefficient (Wildman–Crippen LogP) is 2.53. The van der Waals surface area contributed by atoms with Gasteiger partial charge in [0.1, 0.15) is 38.8 Å². The summed E-state index contributed by atoms with van der Waals surface area (Å²) in [5.74, 6) is 0. The quantitative estimate of drug-likeness (QED) is 0.427. The summed E-state index contributed by atoms with van der Waals surface area (Å²) in [4.78, 5) is 20.0. The smallest absolute Gasteiger partial charge is 0.198 e. The molecule has 4 aromatic rings. The zero-order chi connectivity index (χ0) is 23.7. The molecule has 1 saturated heterocycles. The highest BCUT2D eigenvalue weighted by Crippen LogP contribution is 2.20. The van der Waals surface area contributed by atoms with Gasteiger partial charge in [-0.3, -0.25) is 4.79 Å². The standard InChI is InChI=1S/C30H33N3O/c1-21-14-15-26-28(22(21)2)31-23(3)27(30(26)34)20-32-16-18-33(19-17-32)29(24-10-6-4-7-11-24)25-12-8-5-9-13-25/h4-15,29H,16-20H2,1-3H3,(H,31,34)/p+2. The van der Waals surface area contributed by atoms with Gasteiger partial charge < -0.3 is 14.8 Å². The zero-order valence-corrected chi connectivity index (χ0v) is 20.4. The van der Waals surface area contributed by atoms with E-state index in [2.05, 4.69) is 92.5 Å². The Morgan fingerprint density at radius 2 is 1.38 bits per heavy atom. The van der Waals surface area contributed by atoms with E-state index in [9.17, 15) is 4.79 Å². The molecule has 0 amide bonds. The highest BCUT2D eigenvalue weighted by Gasteiger charge is 2.32. The van der Waals surface area contributed by atoms with E-state index in [4.69, 9.17) is 0 Å². The number of quaternary nitrogens is 2. The van der Waals surface area contributed by atoms with E-state index in [1.54, 1.807) is 4.90 Å². The Balaban J connectivity index is 1.36. The number of rotatable bonds is 5. The van der Waals surface area contributed by atoms with Crippen LogP contribution in [0.5, 0.6) is 0 Å². The van der Waals surface area contributed by atoms with Crippen LogP contribution in [-0.4, -0.2) is 31.2 Å². The monoisotopic (exact) mass is 453 g/mol. The molecule has 5 rings (SSSR count). The molecule has 0 atom stereocenters. The molecule has 0 unspecified atom stereocenters. The third kappa shape index (κ3) is 4.31. The fourth-order valence-corrected chi connectivity index (χ4v) is 5.57. The van der Waals surface area contributed by atoms with Crippen LogP contribution in [0, 0.1) is 20.8 Å². The number of hydrogen-bond acceptors (Lipinski definition) is 1. The molecular weight excluding hydrogens is 418 g/mol. The molecule has 0 spiro atoms. The first-order chi connectivity index (χ1) is 16.5. The van der Waals surface area contributed by atoms with Crippen LogP contribution < -0.4 is 15.2 Å². The summed E-state index contributed by atoms with van der Waals surface area (Å²) in [6.07, 6.45) is 0. The van der Waals surface area contributed by atoms with Crippen LogP contribution in [0.25, 0.3) is 10.9 Å². The Morgan fingerprint density at radius 1 is 0.794 bits per heavy atom. The van der Waals surface area contributed by atoms with Crippen LogP contribution in [0.4, 0.5) is 0 Å². The maximum absolute atomic E-state index is 13.4. The molecule has 4 nitrogen and oxygen atoms in total. The molecule has 2 heterocycles. The Morgan fingerprint density at radius 3 is 1.97 bits per heavy atom. The Hall–Kier alpha value is -3.21. The van der Waals surface area contributed by atoms with Crippen LogP contribution in [0.3, 0.4) is 0 Å². The van der Waals surface area contributed by atoms with Crippen molar-refractivity contribution < 1.29 is 9.80 Å². The van der Waals surface area contributed by atoms with Crippen LogP contribution in [-0.2, 0) is 6.54 Å². The van der Waals surface area contributed by atoms with Crippen molar-refractivity contribution >= 4 is 10.9 Å². The van der Waals surface area contributed by atoms with Crippen LogP contribution in [0.15, 0.2) is 77.6 Å². The van der Waals surface area contributed by atoms with Crippen LogP contribution >= 0.6 is 0 Å². The second-order valence-corrected chi connectivity index (χ2v) is 9.83. The molecule has 4 heteroatoms. The molecule has 34 heavy (non-hydrogen) atoms. The van der Waals surface area contributed by atoms with Crippen molar-refractivity contribution in [2.45, 2.75) is 33.4 Å². The first kappa shape index (κ1) is 22.6. The van der Waals surface area contributed by atoms with Crippen molar-refractivity contribution in [3.8, 4) is 0 Å². The van der Waals surface area contributed by atoms with Gasteiger partial charge in [0.15, 0.2) is 5.43 Å². The van der Waals surface area contributed by atoms with Gasteiger partial charge in [-0.1, -0.05) is 66.7 Å². The van der Waals surface area contributed by atoms with Gasteiger partial charge in [0.05, 0.1) is 11.1 Å². The van der Waals surface area contributed by atoms with Gasteiger partial charge >= 0.3 is 0 Å². The van der Waals surface area contributed by atoms with Crippen molar-refractivity contribution in [2.24, 2.45) is 0 Å². The predicted molar refractivity (Wildman–Crippen MR) is 139 cm³/mol. The summed E-state index contributed by atoms with van der Waals surface area (Å²) in [7, 11) is 0. The van der Waals surface area contributed by atoms with E-state index in [-0.39, 0.29) is 5.43 Å². The van der Waals surface area contributed by atoms with E-state index in [1.165, 1.54) is 27.2 Å². The Bertz CT molecular complexity index is 1300. The van der Waals surface area contributed by atoms with Gasteiger partial charge in [-0.15, -0.1) is 0 Å². The number of nitrogens with one attached hydrogen (secondary N) is 3. The number of hydrogen-bond donors (Lipinski definition) is 3. The number of aromatic nitrogens is 1. The number of pyridine rings is 1. The summed E-state index contributed by atoms with van der Waals surface area (Å²) in [6.45, 7) is 11.3. The normalized spacial score (nSPS) is 18.5. The number of piperazine rings is 1. The van der Waals surface area contributed by atoms with Crippen molar-refractivity contribution in [1.29, 1.82) is 0 Å². The van der Waals surface area contributed by atoms with Crippen molar-refractivity contribution in [2.75, 3.05) is 26.2 Å². The first-order valence-corrected chi connectivity index (χ1v) is 12.4. The molecular formula is C30H35N3O+2. The lowest BCUT2D eigenvalue weighted by Crippen LogP contribution is -3.27. The molecule has 0 saturated carbocycles. The number of aryl methyl sites for hydroxylation is 3. The van der Waals surface area contributed by atoms with E-state index >= 15 is 0 Å². The molecule has 3 aromatic carbocycles. The number of benzene rings is 3. The fourth-order valence-electron chi connectivity index (χ4n) is 5.57. The lowest BCUT2D eigenvalue weighted by Gasteiger charge is -2.35. The molecule has 174 valence electrons. The largest absolute Gasteiger partial charge is 0.358 e. The fraction of sp³-hybridized carbons (Fsp3) is 0.300. The summed E-state index contributed by atoms with van der Waals surface area (Å²) >= 11 is 0.